The average molecular weight is 839 g/mol. The Hall–Kier alpha value is -7.16. The lowest BCUT2D eigenvalue weighted by atomic mass is 10.1. The van der Waals surface area contributed by atoms with Gasteiger partial charge in [0.05, 0.1) is 23.3 Å². The lowest BCUT2D eigenvalue weighted by Crippen LogP contribution is -2.19. The number of alkyl halides is 4. The topological polar surface area (TPSA) is 113 Å². The minimum Gasteiger partial charge on any atom is -0.487 e. The van der Waals surface area contributed by atoms with E-state index in [-0.39, 0.29) is 52.9 Å². The number of carbonyl (C=O) groups excluding carboxylic acids is 2. The van der Waals surface area contributed by atoms with Crippen LogP contribution in [0, 0.1) is 0 Å². The molecule has 6 rings (SSSR count). The number of hydrogen-bond acceptors (Lipinski definition) is 11. The van der Waals surface area contributed by atoms with E-state index < -0.39 is 25.2 Å². The number of carbonyl (C=O) groups is 2. The van der Waals surface area contributed by atoms with E-state index in [2.05, 4.69) is 9.97 Å². The van der Waals surface area contributed by atoms with Crippen molar-refractivity contribution in [1.29, 1.82) is 0 Å². The van der Waals surface area contributed by atoms with Crippen LogP contribution < -0.4 is 28.7 Å². The Balaban J connectivity index is 1.25. The molecule has 2 heterocycles. The molecule has 0 bridgehead atoms. The van der Waals surface area contributed by atoms with Crippen LogP contribution in [0.5, 0.6) is 23.0 Å². The van der Waals surface area contributed by atoms with E-state index in [1.165, 1.54) is 30.3 Å². The normalized spacial score (nSPS) is 11.1. The largest absolute Gasteiger partial charge is 0.487 e. The van der Waals surface area contributed by atoms with Gasteiger partial charge in [0.15, 0.2) is 23.0 Å². The standard InChI is InChI=1S/C46H42F4N4O7/c1-29(2)57-41-23-37(16-18-39(41)59-45(47)48)53(27-31-8-6-20-51-25-31)35-14-12-33(13-15-35)43(55)61-44(56)34-10-5-11-36(22-34)54(28-32-9-7-21-52-26-32)38-17-19-40(60-46(49)50)42(24-38)58-30(3)4/h5-26,29-30,45-46H,27-28H2,1-4H3. The number of esters is 2. The maximum atomic E-state index is 13.5. The van der Waals surface area contributed by atoms with E-state index in [1.54, 1.807) is 119 Å². The molecule has 0 saturated heterocycles. The molecule has 61 heavy (non-hydrogen) atoms. The summed E-state index contributed by atoms with van der Waals surface area (Å²) in [6.45, 7) is 1.49. The zero-order valence-electron chi connectivity index (χ0n) is 33.6. The molecule has 11 nitrogen and oxygen atoms in total. The van der Waals surface area contributed by atoms with Crippen LogP contribution in [-0.2, 0) is 17.8 Å². The second-order valence-corrected chi connectivity index (χ2v) is 14.0. The van der Waals surface area contributed by atoms with Crippen LogP contribution >= 0.6 is 0 Å². The quantitative estimate of drug-likeness (QED) is 0.0468. The first-order chi connectivity index (χ1) is 29.3. The SMILES string of the molecule is CC(C)Oc1cc(N(Cc2cccnc2)c2ccc(C(=O)OC(=O)c3cccc(N(Cc4cccnc4)c4ccc(OC(F)F)c(OC(C)C)c4)c3)cc2)ccc1OC(F)F. The Morgan fingerprint density at radius 1 is 0.508 bits per heavy atom. The molecule has 15 heteroatoms. The molecule has 0 aliphatic carbocycles. The van der Waals surface area contributed by atoms with E-state index in [9.17, 15) is 27.2 Å². The minimum absolute atomic E-state index is 0.0660. The molecule has 4 aromatic carbocycles. The van der Waals surface area contributed by atoms with E-state index in [1.807, 2.05) is 21.9 Å². The van der Waals surface area contributed by atoms with Crippen LogP contribution in [0.25, 0.3) is 0 Å². The third-order valence-corrected chi connectivity index (χ3v) is 8.76. The number of benzene rings is 4. The molecule has 316 valence electrons. The predicted molar refractivity (Wildman–Crippen MR) is 220 cm³/mol. The van der Waals surface area contributed by atoms with Gasteiger partial charge in [0.2, 0.25) is 0 Å². The number of anilines is 4. The van der Waals surface area contributed by atoms with Crippen molar-refractivity contribution in [1.82, 2.24) is 9.97 Å². The van der Waals surface area contributed by atoms with Crippen molar-refractivity contribution in [3.8, 4) is 23.0 Å². The number of hydrogen-bond donors (Lipinski definition) is 0. The highest BCUT2D eigenvalue weighted by molar-refractivity contribution is 6.03. The molecule has 0 aliphatic heterocycles. The summed E-state index contributed by atoms with van der Waals surface area (Å²) >= 11 is 0. The maximum Gasteiger partial charge on any atom is 0.387 e. The van der Waals surface area contributed by atoms with Crippen molar-refractivity contribution >= 4 is 34.7 Å². The van der Waals surface area contributed by atoms with Crippen molar-refractivity contribution in [3.05, 3.63) is 156 Å². The third kappa shape index (κ3) is 12.0. The van der Waals surface area contributed by atoms with Gasteiger partial charge in [-0.05, 0) is 118 Å². The summed E-state index contributed by atoms with van der Waals surface area (Å²) in [6, 6.07) is 29.2. The predicted octanol–water partition coefficient (Wildman–Crippen LogP) is 10.9. The maximum absolute atomic E-state index is 13.5. The fraction of sp³-hybridized carbons (Fsp3) is 0.217. The van der Waals surface area contributed by atoms with Gasteiger partial charge < -0.3 is 33.5 Å². The molecule has 0 spiro atoms. The average Bonchev–Trinajstić information content (AvgIpc) is 3.23. The monoisotopic (exact) mass is 838 g/mol. The Morgan fingerprint density at radius 3 is 1.43 bits per heavy atom. The van der Waals surface area contributed by atoms with Crippen molar-refractivity contribution in [2.75, 3.05) is 9.80 Å². The summed E-state index contributed by atoms with van der Waals surface area (Å²) in [4.78, 5) is 39.0. The number of aromatic nitrogens is 2. The van der Waals surface area contributed by atoms with Crippen LogP contribution in [-0.4, -0.2) is 47.3 Å². The Morgan fingerprint density at radius 2 is 0.967 bits per heavy atom. The van der Waals surface area contributed by atoms with Crippen LogP contribution in [0.15, 0.2) is 134 Å². The summed E-state index contributed by atoms with van der Waals surface area (Å²) in [5.74, 6) is -1.86. The summed E-state index contributed by atoms with van der Waals surface area (Å²) in [7, 11) is 0. The van der Waals surface area contributed by atoms with Gasteiger partial charge in [-0.2, -0.15) is 17.6 Å². The van der Waals surface area contributed by atoms with Gasteiger partial charge in [-0.15, -0.1) is 0 Å². The highest BCUT2D eigenvalue weighted by atomic mass is 19.3. The second-order valence-electron chi connectivity index (χ2n) is 14.0. The van der Waals surface area contributed by atoms with Gasteiger partial charge in [0.25, 0.3) is 0 Å². The first kappa shape index (κ1) is 43.4. The highest BCUT2D eigenvalue weighted by Gasteiger charge is 2.22. The Kier molecular flexibility index (Phi) is 14.4. The van der Waals surface area contributed by atoms with E-state index in [0.29, 0.717) is 29.3 Å². The van der Waals surface area contributed by atoms with Crippen molar-refractivity contribution in [2.45, 2.75) is 66.2 Å². The van der Waals surface area contributed by atoms with Crippen molar-refractivity contribution in [3.63, 3.8) is 0 Å². The van der Waals surface area contributed by atoms with Crippen LogP contribution in [0.4, 0.5) is 40.3 Å². The molecule has 2 aromatic heterocycles. The summed E-state index contributed by atoms with van der Waals surface area (Å²) in [5, 5.41) is 0. The smallest absolute Gasteiger partial charge is 0.387 e. The lowest BCUT2D eigenvalue weighted by molar-refractivity contribution is -0.0524. The van der Waals surface area contributed by atoms with Gasteiger partial charge >= 0.3 is 25.2 Å². The number of rotatable bonds is 18. The molecule has 0 amide bonds. The molecular weight excluding hydrogens is 797 g/mol. The fourth-order valence-corrected chi connectivity index (χ4v) is 6.20. The lowest BCUT2D eigenvalue weighted by Gasteiger charge is -2.27. The highest BCUT2D eigenvalue weighted by Crippen LogP contribution is 2.39. The molecule has 0 fully saturated rings. The zero-order valence-corrected chi connectivity index (χ0v) is 33.6. The zero-order chi connectivity index (χ0) is 43.5. The minimum atomic E-state index is -3.07. The first-order valence-electron chi connectivity index (χ1n) is 19.1. The van der Waals surface area contributed by atoms with E-state index in [0.717, 1.165) is 11.1 Å². The number of nitrogens with zero attached hydrogens (tertiary/aromatic N) is 4. The molecule has 0 N–H and O–H groups in total. The summed E-state index contributed by atoms with van der Waals surface area (Å²) in [6.07, 6.45) is 5.95. The third-order valence-electron chi connectivity index (χ3n) is 8.76. The van der Waals surface area contributed by atoms with Gasteiger partial charge in [-0.3, -0.25) is 9.97 Å². The second kappa shape index (κ2) is 20.2. The summed E-state index contributed by atoms with van der Waals surface area (Å²) in [5.41, 5.74) is 4.01. The van der Waals surface area contributed by atoms with Gasteiger partial charge in [0, 0.05) is 72.8 Å². The van der Waals surface area contributed by atoms with Gasteiger partial charge in [-0.1, -0.05) is 18.2 Å². The van der Waals surface area contributed by atoms with Crippen LogP contribution in [0.3, 0.4) is 0 Å². The van der Waals surface area contributed by atoms with Crippen LogP contribution in [0.2, 0.25) is 0 Å². The van der Waals surface area contributed by atoms with Crippen molar-refractivity contribution in [2.24, 2.45) is 0 Å². The molecule has 0 unspecified atom stereocenters. The van der Waals surface area contributed by atoms with E-state index in [4.69, 9.17) is 23.7 Å². The Labute approximate surface area is 350 Å². The number of pyridine rings is 2. The number of ether oxygens (including phenoxy) is 5. The van der Waals surface area contributed by atoms with E-state index >= 15 is 0 Å². The molecule has 0 radical (unpaired) electrons. The van der Waals surface area contributed by atoms with Crippen molar-refractivity contribution < 1.29 is 50.8 Å². The molecule has 0 saturated carbocycles. The van der Waals surface area contributed by atoms with Gasteiger partial charge in [-0.25, -0.2) is 9.59 Å². The van der Waals surface area contributed by atoms with Gasteiger partial charge in [0.1, 0.15) is 0 Å². The molecule has 6 aromatic rings. The molecule has 0 atom stereocenters. The number of halogens is 4. The summed E-state index contributed by atoms with van der Waals surface area (Å²) < 4.78 is 79.3. The molecular formula is C46H42F4N4O7. The first-order valence-corrected chi connectivity index (χ1v) is 19.1. The van der Waals surface area contributed by atoms with Crippen LogP contribution in [0.1, 0.15) is 59.5 Å². The Bertz CT molecular complexity index is 2390. The fourth-order valence-electron chi connectivity index (χ4n) is 6.20. The molecule has 0 aliphatic rings.